The van der Waals surface area contributed by atoms with E-state index in [4.69, 9.17) is 17.4 Å². The maximum Gasteiger partial charge on any atom is 0.129 e. The lowest BCUT2D eigenvalue weighted by Gasteiger charge is -2.19. The summed E-state index contributed by atoms with van der Waals surface area (Å²) in [5.74, 6) is 5.10. The Morgan fingerprint density at radius 1 is 1.50 bits per heavy atom. The highest BCUT2D eigenvalue weighted by Gasteiger charge is 2.14. The minimum atomic E-state index is -0.325. The van der Waals surface area contributed by atoms with Gasteiger partial charge in [-0.2, -0.15) is 0 Å². The molecule has 1 rings (SSSR count). The fourth-order valence-corrected chi connectivity index (χ4v) is 1.66. The van der Waals surface area contributed by atoms with Crippen molar-refractivity contribution in [2.24, 2.45) is 5.84 Å². The molecule has 16 heavy (non-hydrogen) atoms. The molecule has 0 saturated carbocycles. The molecule has 0 bridgehead atoms. The molecule has 3 N–H and O–H groups in total. The summed E-state index contributed by atoms with van der Waals surface area (Å²) in [5.41, 5.74) is 3.17. The third-order valence-corrected chi connectivity index (χ3v) is 2.64. The van der Waals surface area contributed by atoms with Gasteiger partial charge in [0.2, 0.25) is 0 Å². The van der Waals surface area contributed by atoms with Gasteiger partial charge in [0.1, 0.15) is 5.82 Å². The maximum absolute atomic E-state index is 13.6. The molecular formula is C11H17ClFN3. The van der Waals surface area contributed by atoms with Gasteiger partial charge in [0.05, 0.1) is 6.04 Å². The molecule has 0 aliphatic rings. The van der Waals surface area contributed by atoms with Gasteiger partial charge in [0.25, 0.3) is 0 Å². The lowest BCUT2D eigenvalue weighted by molar-refractivity contribution is 0.358. The van der Waals surface area contributed by atoms with Crippen LogP contribution in [-0.2, 0) is 0 Å². The Morgan fingerprint density at radius 2 is 2.19 bits per heavy atom. The molecule has 0 saturated heterocycles. The van der Waals surface area contributed by atoms with Crippen molar-refractivity contribution in [1.29, 1.82) is 0 Å². The van der Waals surface area contributed by atoms with E-state index < -0.39 is 0 Å². The third kappa shape index (κ3) is 3.72. The lowest BCUT2D eigenvalue weighted by atomic mass is 10.0. The van der Waals surface area contributed by atoms with Gasteiger partial charge in [-0.25, -0.2) is 4.39 Å². The van der Waals surface area contributed by atoms with Crippen LogP contribution in [0.1, 0.15) is 18.0 Å². The van der Waals surface area contributed by atoms with E-state index in [9.17, 15) is 4.39 Å². The molecule has 0 aliphatic carbocycles. The topological polar surface area (TPSA) is 41.3 Å². The van der Waals surface area contributed by atoms with E-state index in [0.29, 0.717) is 10.6 Å². The second kappa shape index (κ2) is 6.15. The number of nitrogens with one attached hydrogen (secondary N) is 1. The average Bonchev–Trinajstić information content (AvgIpc) is 2.21. The molecule has 0 amide bonds. The number of nitrogens with zero attached hydrogens (tertiary/aromatic N) is 1. The van der Waals surface area contributed by atoms with Crippen LogP contribution >= 0.6 is 11.6 Å². The Bertz CT molecular complexity index is 344. The number of hydrazine groups is 1. The summed E-state index contributed by atoms with van der Waals surface area (Å²) in [6.45, 7) is 0.830. The summed E-state index contributed by atoms with van der Waals surface area (Å²) >= 11 is 5.69. The van der Waals surface area contributed by atoms with Crippen LogP contribution in [-0.4, -0.2) is 25.5 Å². The first-order valence-electron chi connectivity index (χ1n) is 5.10. The predicted molar refractivity (Wildman–Crippen MR) is 64.6 cm³/mol. The van der Waals surface area contributed by atoms with E-state index in [1.54, 1.807) is 12.1 Å². The summed E-state index contributed by atoms with van der Waals surface area (Å²) in [6.07, 6.45) is 0.738. The zero-order valence-corrected chi connectivity index (χ0v) is 10.3. The number of hydrogen-bond donors (Lipinski definition) is 2. The van der Waals surface area contributed by atoms with Crippen molar-refractivity contribution in [3.8, 4) is 0 Å². The van der Waals surface area contributed by atoms with E-state index in [0.717, 1.165) is 13.0 Å². The molecule has 0 heterocycles. The van der Waals surface area contributed by atoms with Gasteiger partial charge in [-0.3, -0.25) is 11.3 Å². The third-order valence-electron chi connectivity index (χ3n) is 2.40. The van der Waals surface area contributed by atoms with Crippen LogP contribution in [0.25, 0.3) is 0 Å². The molecule has 0 aromatic heterocycles. The predicted octanol–water partition coefficient (Wildman–Crippen LogP) is 1.94. The fraction of sp³-hybridized carbons (Fsp3) is 0.455. The summed E-state index contributed by atoms with van der Waals surface area (Å²) in [6, 6.07) is 4.44. The van der Waals surface area contributed by atoms with Crippen LogP contribution in [0.5, 0.6) is 0 Å². The van der Waals surface area contributed by atoms with Crippen LogP contribution in [0, 0.1) is 5.82 Å². The Labute approximate surface area is 100 Å². The van der Waals surface area contributed by atoms with Gasteiger partial charge in [0, 0.05) is 10.6 Å². The van der Waals surface area contributed by atoms with Crippen LogP contribution in [0.3, 0.4) is 0 Å². The molecule has 1 atom stereocenters. The Kier molecular flexibility index (Phi) is 5.15. The number of nitrogens with two attached hydrogens (primary N) is 1. The highest BCUT2D eigenvalue weighted by Crippen LogP contribution is 2.22. The first-order chi connectivity index (χ1) is 7.54. The normalized spacial score (nSPS) is 13.1. The highest BCUT2D eigenvalue weighted by atomic mass is 35.5. The van der Waals surface area contributed by atoms with Gasteiger partial charge in [-0.05, 0) is 39.2 Å². The number of benzene rings is 1. The Balaban J connectivity index is 2.78. The monoisotopic (exact) mass is 245 g/mol. The van der Waals surface area contributed by atoms with Crippen LogP contribution in [0.15, 0.2) is 18.2 Å². The van der Waals surface area contributed by atoms with E-state index in [2.05, 4.69) is 5.43 Å². The molecule has 90 valence electrons. The zero-order chi connectivity index (χ0) is 12.1. The molecule has 1 aromatic carbocycles. The maximum atomic E-state index is 13.6. The van der Waals surface area contributed by atoms with Gasteiger partial charge >= 0.3 is 0 Å². The van der Waals surface area contributed by atoms with Crippen molar-refractivity contribution in [3.05, 3.63) is 34.6 Å². The van der Waals surface area contributed by atoms with Crippen molar-refractivity contribution in [2.75, 3.05) is 20.6 Å². The smallest absolute Gasteiger partial charge is 0.129 e. The van der Waals surface area contributed by atoms with Crippen LogP contribution in [0.2, 0.25) is 5.02 Å². The van der Waals surface area contributed by atoms with Gasteiger partial charge < -0.3 is 4.90 Å². The molecular weight excluding hydrogens is 229 g/mol. The van der Waals surface area contributed by atoms with Crippen molar-refractivity contribution < 1.29 is 4.39 Å². The van der Waals surface area contributed by atoms with E-state index >= 15 is 0 Å². The van der Waals surface area contributed by atoms with Gasteiger partial charge in [-0.1, -0.05) is 17.7 Å². The summed E-state index contributed by atoms with van der Waals surface area (Å²) < 4.78 is 13.6. The van der Waals surface area contributed by atoms with E-state index in [1.165, 1.54) is 6.07 Å². The molecule has 0 fully saturated rings. The van der Waals surface area contributed by atoms with E-state index in [-0.39, 0.29) is 11.9 Å². The molecule has 5 heteroatoms. The zero-order valence-electron chi connectivity index (χ0n) is 9.50. The molecule has 1 unspecified atom stereocenters. The fourth-order valence-electron chi connectivity index (χ4n) is 1.50. The number of rotatable bonds is 5. The van der Waals surface area contributed by atoms with Crippen LogP contribution in [0.4, 0.5) is 4.39 Å². The van der Waals surface area contributed by atoms with Crippen molar-refractivity contribution in [2.45, 2.75) is 12.5 Å². The first kappa shape index (κ1) is 13.4. The van der Waals surface area contributed by atoms with E-state index in [1.807, 2.05) is 19.0 Å². The minimum absolute atomic E-state index is 0.195. The lowest BCUT2D eigenvalue weighted by Crippen LogP contribution is -2.31. The summed E-state index contributed by atoms with van der Waals surface area (Å²) in [5, 5.41) is 0.393. The summed E-state index contributed by atoms with van der Waals surface area (Å²) in [4.78, 5) is 2.03. The first-order valence-corrected chi connectivity index (χ1v) is 5.48. The Morgan fingerprint density at radius 3 is 2.69 bits per heavy atom. The number of hydrogen-bond acceptors (Lipinski definition) is 3. The highest BCUT2D eigenvalue weighted by molar-refractivity contribution is 6.30. The molecule has 1 aromatic rings. The summed E-state index contributed by atoms with van der Waals surface area (Å²) in [7, 11) is 3.93. The van der Waals surface area contributed by atoms with Gasteiger partial charge in [0.15, 0.2) is 0 Å². The van der Waals surface area contributed by atoms with Crippen LogP contribution < -0.4 is 11.3 Å². The second-order valence-corrected chi connectivity index (χ2v) is 4.41. The van der Waals surface area contributed by atoms with Crippen molar-refractivity contribution in [1.82, 2.24) is 10.3 Å². The molecule has 0 spiro atoms. The minimum Gasteiger partial charge on any atom is -0.309 e. The average molecular weight is 246 g/mol. The van der Waals surface area contributed by atoms with Crippen molar-refractivity contribution >= 4 is 11.6 Å². The molecule has 0 aliphatic heterocycles. The molecule has 0 radical (unpaired) electrons. The standard InChI is InChI=1S/C11H17ClFN3/c1-16(2)6-5-11(15-14)9-4-3-8(12)7-10(9)13/h3-4,7,11,15H,5-6,14H2,1-2H3. The second-order valence-electron chi connectivity index (χ2n) is 3.98. The van der Waals surface area contributed by atoms with Crippen molar-refractivity contribution in [3.63, 3.8) is 0 Å². The largest absolute Gasteiger partial charge is 0.309 e. The SMILES string of the molecule is CN(C)CCC(NN)c1ccc(Cl)cc1F. The molecule has 3 nitrogen and oxygen atoms in total. The quantitative estimate of drug-likeness (QED) is 0.615. The van der Waals surface area contributed by atoms with Gasteiger partial charge in [-0.15, -0.1) is 0 Å². The number of halogens is 2. The Hall–Kier alpha value is -0.680.